The third kappa shape index (κ3) is 8.99. The Morgan fingerprint density at radius 1 is 0.900 bits per heavy atom. The molecule has 2 aromatic heterocycles. The summed E-state index contributed by atoms with van der Waals surface area (Å²) in [5.74, 6) is 1.06. The van der Waals surface area contributed by atoms with Crippen LogP contribution in [-0.4, -0.2) is 15.9 Å². The Bertz CT molecular complexity index is 1970. The molecule has 4 nitrogen and oxygen atoms in total. The third-order valence-electron chi connectivity index (χ3n) is 10.0. The molecule has 0 unspecified atom stereocenters. The van der Waals surface area contributed by atoms with E-state index in [0.717, 1.165) is 60.7 Å². The normalized spacial score (nSPS) is 11.5. The number of hydrogen-bond acceptors (Lipinski definition) is 4. The van der Waals surface area contributed by atoms with Gasteiger partial charge in [0.2, 0.25) is 0 Å². The Kier molecular flexibility index (Phi) is 15.6. The van der Waals surface area contributed by atoms with Crippen molar-refractivity contribution in [2.75, 3.05) is 0 Å². The van der Waals surface area contributed by atoms with Crippen molar-refractivity contribution in [1.82, 2.24) is 4.98 Å². The van der Waals surface area contributed by atoms with Crippen molar-refractivity contribution >= 4 is 43.7 Å². The molecular weight excluding hydrogens is 813 g/mol. The van der Waals surface area contributed by atoms with E-state index in [1.165, 1.54) is 43.1 Å². The number of aliphatic hydroxyl groups is 1. The smallest absolute Gasteiger partial charge is 0.187 e. The SMILES string of the molecule is CCC(CC)C(=O)/C=C(\O)C(CC)CC.[C-]#[N+]c1ccc(-c2sc3c(-c4[c-]c5ccccc5c(C(CC)CC)c4)nccc3c2C)c(C)c1.[Ir]. The number of pyridine rings is 1. The summed E-state index contributed by atoms with van der Waals surface area (Å²) in [6.07, 6.45) is 9.06. The number of ketones is 1. The van der Waals surface area contributed by atoms with Gasteiger partial charge in [0.25, 0.3) is 0 Å². The fourth-order valence-corrected chi connectivity index (χ4v) is 8.20. The number of aryl methyl sites for hydroxylation is 2. The molecule has 0 spiro atoms. The number of aromatic nitrogens is 1. The summed E-state index contributed by atoms with van der Waals surface area (Å²) in [5.41, 5.74) is 7.74. The van der Waals surface area contributed by atoms with Crippen LogP contribution in [0.2, 0.25) is 0 Å². The zero-order valence-corrected chi connectivity index (χ0v) is 34.0. The zero-order valence-electron chi connectivity index (χ0n) is 30.8. The average Bonchev–Trinajstić information content (AvgIpc) is 3.45. The number of rotatable bonds is 12. The minimum atomic E-state index is 0. The standard InChI is InChI=1S/C31H27N2S.C13H24O2.Ir/c1-6-21(7-2)28-18-23(17-22-10-8-9-11-27(22)28)29-31-26(14-15-33-29)20(4)30(34-31)25-13-12-24(32-5)16-19(25)3;1-5-10(6-2)12(14)9-13(15)11(7-3)8-4;/h8-16,18,21H,6-7H2,1-4H3;9-11,14H,5-8H2,1-4H3;/q-1;;/b;12-9-;. The van der Waals surface area contributed by atoms with Crippen molar-refractivity contribution in [2.24, 2.45) is 11.8 Å². The summed E-state index contributed by atoms with van der Waals surface area (Å²) in [6.45, 7) is 24.2. The molecule has 265 valence electrons. The molecule has 0 saturated carbocycles. The van der Waals surface area contributed by atoms with Crippen molar-refractivity contribution < 1.29 is 30.0 Å². The third-order valence-corrected chi connectivity index (χ3v) is 11.4. The van der Waals surface area contributed by atoms with E-state index in [1.807, 2.05) is 46.0 Å². The number of carbonyl (C=O) groups is 1. The first-order valence-electron chi connectivity index (χ1n) is 17.9. The first-order chi connectivity index (χ1) is 23.6. The van der Waals surface area contributed by atoms with Gasteiger partial charge in [-0.15, -0.1) is 40.5 Å². The van der Waals surface area contributed by atoms with Gasteiger partial charge in [-0.25, -0.2) is 4.85 Å². The number of fused-ring (bicyclic) bond motifs is 2. The fraction of sp³-hybridized carbons (Fsp3) is 0.386. The quantitative estimate of drug-likeness (QED) is 0.0772. The molecule has 1 N–H and O–H groups in total. The predicted octanol–water partition coefficient (Wildman–Crippen LogP) is 13.5. The molecule has 0 aliphatic rings. The molecule has 0 amide bonds. The molecule has 0 aliphatic carbocycles. The van der Waals surface area contributed by atoms with E-state index < -0.39 is 0 Å². The zero-order chi connectivity index (χ0) is 35.7. The fourth-order valence-electron chi connectivity index (χ4n) is 6.80. The molecule has 0 fully saturated rings. The Morgan fingerprint density at radius 2 is 1.56 bits per heavy atom. The number of allylic oxidation sites excluding steroid dienone is 2. The first-order valence-corrected chi connectivity index (χ1v) is 18.7. The first kappa shape index (κ1) is 40.8. The van der Waals surface area contributed by atoms with E-state index in [0.29, 0.717) is 11.6 Å². The van der Waals surface area contributed by atoms with Gasteiger partial charge in [-0.1, -0.05) is 107 Å². The van der Waals surface area contributed by atoms with Crippen LogP contribution in [0.5, 0.6) is 0 Å². The second-order valence-corrected chi connectivity index (χ2v) is 13.9. The monoisotopic (exact) mass is 864 g/mol. The summed E-state index contributed by atoms with van der Waals surface area (Å²) >= 11 is 1.80. The molecule has 50 heavy (non-hydrogen) atoms. The Labute approximate surface area is 317 Å². The van der Waals surface area contributed by atoms with Gasteiger partial charge in [0.05, 0.1) is 12.3 Å². The summed E-state index contributed by atoms with van der Waals surface area (Å²) in [6, 6.07) is 22.7. The van der Waals surface area contributed by atoms with Crippen LogP contribution in [-0.2, 0) is 24.9 Å². The van der Waals surface area contributed by atoms with E-state index >= 15 is 0 Å². The second kappa shape index (κ2) is 19.1. The number of nitrogens with zero attached hydrogens (tertiary/aromatic N) is 2. The van der Waals surface area contributed by atoms with Crippen molar-refractivity contribution in [3.8, 4) is 21.7 Å². The molecule has 0 aliphatic heterocycles. The topological polar surface area (TPSA) is 54.5 Å². The van der Waals surface area contributed by atoms with Gasteiger partial charge in [0.15, 0.2) is 11.5 Å². The van der Waals surface area contributed by atoms with Crippen molar-refractivity contribution in [3.63, 3.8) is 0 Å². The summed E-state index contributed by atoms with van der Waals surface area (Å²) < 4.78 is 1.20. The predicted molar refractivity (Wildman–Crippen MR) is 210 cm³/mol. The van der Waals surface area contributed by atoms with Gasteiger partial charge in [-0.2, -0.15) is 0 Å². The Morgan fingerprint density at radius 3 is 2.16 bits per heavy atom. The number of benzene rings is 3. The van der Waals surface area contributed by atoms with E-state index in [1.54, 1.807) is 11.3 Å². The molecule has 1 radical (unpaired) electrons. The van der Waals surface area contributed by atoms with Crippen molar-refractivity contribution in [3.05, 3.63) is 107 Å². The van der Waals surface area contributed by atoms with Gasteiger partial charge in [-0.3, -0.25) is 9.78 Å². The number of carbonyl (C=O) groups excluding carboxylic acids is 1. The van der Waals surface area contributed by atoms with Gasteiger partial charge in [0.1, 0.15) is 0 Å². The van der Waals surface area contributed by atoms with Gasteiger partial charge >= 0.3 is 0 Å². The molecule has 5 rings (SSSR count). The molecule has 0 saturated heterocycles. The molecule has 0 bridgehead atoms. The molecule has 5 aromatic rings. The summed E-state index contributed by atoms with van der Waals surface area (Å²) in [4.78, 5) is 21.4. The van der Waals surface area contributed by atoms with Crippen LogP contribution in [0.15, 0.2) is 72.6 Å². The van der Waals surface area contributed by atoms with E-state index in [2.05, 4.69) is 81.1 Å². The van der Waals surface area contributed by atoms with Crippen LogP contribution in [0.4, 0.5) is 5.69 Å². The maximum absolute atomic E-state index is 11.7. The minimum Gasteiger partial charge on any atom is -0.512 e. The molecule has 6 heteroatoms. The number of hydrogen-bond donors (Lipinski definition) is 1. The van der Waals surface area contributed by atoms with E-state index in [9.17, 15) is 9.90 Å². The number of aliphatic hydroxyl groups excluding tert-OH is 1. The van der Waals surface area contributed by atoms with Crippen LogP contribution < -0.4 is 0 Å². The van der Waals surface area contributed by atoms with Gasteiger partial charge in [0, 0.05) is 59.5 Å². The van der Waals surface area contributed by atoms with Crippen LogP contribution in [0.25, 0.3) is 47.4 Å². The van der Waals surface area contributed by atoms with Gasteiger partial charge in [-0.05, 0) is 68.0 Å². The molecule has 3 aromatic carbocycles. The molecule has 0 atom stereocenters. The van der Waals surface area contributed by atoms with E-state index in [-0.39, 0.29) is 43.5 Å². The second-order valence-electron chi connectivity index (χ2n) is 12.9. The summed E-state index contributed by atoms with van der Waals surface area (Å²) in [7, 11) is 0. The van der Waals surface area contributed by atoms with Crippen molar-refractivity contribution in [2.45, 2.75) is 99.8 Å². The minimum absolute atomic E-state index is 0. The molecular formula is C44H51IrN2O2S-. The van der Waals surface area contributed by atoms with Crippen LogP contribution in [0.1, 0.15) is 103 Å². The van der Waals surface area contributed by atoms with Gasteiger partial charge < -0.3 is 5.11 Å². The Balaban J connectivity index is 0.000000361. The van der Waals surface area contributed by atoms with Crippen LogP contribution in [0, 0.1) is 38.3 Å². The summed E-state index contributed by atoms with van der Waals surface area (Å²) in [5, 5.41) is 13.4. The van der Waals surface area contributed by atoms with Crippen LogP contribution in [0.3, 0.4) is 0 Å². The maximum atomic E-state index is 11.7. The Hall–Kier alpha value is -3.62. The van der Waals surface area contributed by atoms with Crippen LogP contribution >= 0.6 is 11.3 Å². The van der Waals surface area contributed by atoms with E-state index in [4.69, 9.17) is 11.6 Å². The molecule has 2 heterocycles. The average molecular weight is 864 g/mol. The maximum Gasteiger partial charge on any atom is 0.187 e. The largest absolute Gasteiger partial charge is 0.512 e. The number of thiophene rings is 1. The van der Waals surface area contributed by atoms with Crippen molar-refractivity contribution in [1.29, 1.82) is 0 Å².